The van der Waals surface area contributed by atoms with Crippen LogP contribution in [0, 0.1) is 18.8 Å². The fourth-order valence-corrected chi connectivity index (χ4v) is 12.6. The van der Waals surface area contributed by atoms with E-state index in [1.165, 1.54) is 32.0 Å². The highest BCUT2D eigenvalue weighted by Gasteiger charge is 2.50. The number of Topliss-reactive ketones (excluding diaryl/α,β-unsaturated/α-hetero) is 1. The number of sulfone groups is 1. The molecule has 3 aliphatic heterocycles. The summed E-state index contributed by atoms with van der Waals surface area (Å²) in [7, 11) is -3.69. The second-order valence-corrected chi connectivity index (χ2v) is 24.6. The summed E-state index contributed by atoms with van der Waals surface area (Å²) in [6.45, 7) is 10.3. The first-order valence-electron chi connectivity index (χ1n) is 28.5. The molecular formula is C64H68N4O16S. The Balaban J connectivity index is 0.887. The summed E-state index contributed by atoms with van der Waals surface area (Å²) in [6, 6.07) is 28.0. The number of hydrogen-bond acceptors (Lipinski definition) is 17. The second-order valence-electron chi connectivity index (χ2n) is 22.3. The van der Waals surface area contributed by atoms with Crippen molar-refractivity contribution in [1.29, 1.82) is 0 Å². The number of carbonyl (C=O) groups is 6. The van der Waals surface area contributed by atoms with Crippen molar-refractivity contribution >= 4 is 62.1 Å². The zero-order valence-electron chi connectivity index (χ0n) is 48.7. The van der Waals surface area contributed by atoms with Crippen LogP contribution in [0.3, 0.4) is 0 Å². The molecule has 21 heteroatoms. The monoisotopic (exact) mass is 1180 g/mol. The van der Waals surface area contributed by atoms with E-state index in [0.717, 1.165) is 61.0 Å². The van der Waals surface area contributed by atoms with E-state index in [1.54, 1.807) is 31.4 Å². The Morgan fingerprint density at radius 3 is 2.26 bits per heavy atom. The summed E-state index contributed by atoms with van der Waals surface area (Å²) in [5, 5.41) is 3.78. The fourth-order valence-electron chi connectivity index (χ4n) is 12.0. The Morgan fingerprint density at radius 2 is 1.59 bits per heavy atom. The van der Waals surface area contributed by atoms with Crippen LogP contribution >= 0.6 is 0 Å². The Hall–Kier alpha value is -8.27. The molecule has 6 atom stereocenters. The number of fused-ring (bicyclic) bond motifs is 8. The predicted molar refractivity (Wildman–Crippen MR) is 312 cm³/mol. The van der Waals surface area contributed by atoms with E-state index in [-0.39, 0.29) is 84.8 Å². The van der Waals surface area contributed by atoms with E-state index in [9.17, 15) is 42.0 Å². The Bertz CT molecular complexity index is 3810. The van der Waals surface area contributed by atoms with Gasteiger partial charge in [-0.3, -0.25) is 28.9 Å². The van der Waals surface area contributed by atoms with Gasteiger partial charge in [0.2, 0.25) is 12.2 Å². The van der Waals surface area contributed by atoms with Gasteiger partial charge in [0.05, 0.1) is 46.9 Å². The Morgan fingerprint density at radius 1 is 0.871 bits per heavy atom. The number of amides is 2. The van der Waals surface area contributed by atoms with Crippen LogP contribution in [0.1, 0.15) is 111 Å². The molecule has 2 aromatic heterocycles. The molecule has 1 N–H and O–H groups in total. The quantitative estimate of drug-likeness (QED) is 0.0426. The standard InChI is InChI=1S/C64H68N4O16S/c1-9-41-46-27-35(3)19-21-51(46)66-57-47(41)30-68-53(57)29-50-49(60(68)73)33-79-62(74)64(50,10-2)81-34-67(25-26-85(8,76)77)63(75)80-31-40-20-22-54(83-61-59(82-39(7)70)37(5)36(4)58(84-61)38(6)69)52(28-40)65-55(71)23-24-56(72)78-32-48-44-17-13-11-15-42(44)43-16-12-14-18-45(43)48/h11-22,27-29,36-37,48,58-59,61H,9-10,23-26,30-34H2,1-8H3,(H,65,71)/t36-,37-,58-,59+,61+,64-/m0/s1. The van der Waals surface area contributed by atoms with Crippen LogP contribution in [0.4, 0.5) is 10.5 Å². The van der Waals surface area contributed by atoms with Gasteiger partial charge in [-0.2, -0.15) is 0 Å². The number of aromatic nitrogens is 2. The molecule has 85 heavy (non-hydrogen) atoms. The van der Waals surface area contributed by atoms with Crippen LogP contribution in [-0.4, -0.2) is 109 Å². The molecule has 0 saturated carbocycles. The molecule has 20 nitrogen and oxygen atoms in total. The highest BCUT2D eigenvalue weighted by Crippen LogP contribution is 2.46. The summed E-state index contributed by atoms with van der Waals surface area (Å²) in [5.74, 6) is -4.47. The normalized spacial score (nSPS) is 20.2. The van der Waals surface area contributed by atoms with Gasteiger partial charge in [-0.25, -0.2) is 23.0 Å². The summed E-state index contributed by atoms with van der Waals surface area (Å²) >= 11 is 0. The van der Waals surface area contributed by atoms with Gasteiger partial charge in [0.1, 0.15) is 48.2 Å². The first-order chi connectivity index (χ1) is 40.6. The zero-order chi connectivity index (χ0) is 60.6. The summed E-state index contributed by atoms with van der Waals surface area (Å²) in [5.41, 5.74) is 7.46. The van der Waals surface area contributed by atoms with Crippen molar-refractivity contribution in [2.45, 2.75) is 124 Å². The van der Waals surface area contributed by atoms with Gasteiger partial charge in [0, 0.05) is 54.5 Å². The van der Waals surface area contributed by atoms with Gasteiger partial charge in [-0.15, -0.1) is 0 Å². The number of rotatable bonds is 20. The molecular weight excluding hydrogens is 1110 g/mol. The topological polar surface area (TPSA) is 251 Å². The third-order valence-corrected chi connectivity index (χ3v) is 17.6. The molecule has 1 aliphatic carbocycles. The van der Waals surface area contributed by atoms with E-state index in [2.05, 4.69) is 11.4 Å². The van der Waals surface area contributed by atoms with E-state index in [1.807, 2.05) is 74.5 Å². The average molecular weight is 1180 g/mol. The number of pyridine rings is 2. The van der Waals surface area contributed by atoms with Gasteiger partial charge < -0.3 is 43.0 Å². The van der Waals surface area contributed by atoms with Crippen molar-refractivity contribution in [3.8, 4) is 28.3 Å². The van der Waals surface area contributed by atoms with Crippen molar-refractivity contribution in [2.24, 2.45) is 11.8 Å². The number of cyclic esters (lactones) is 1. The van der Waals surface area contributed by atoms with E-state index in [4.69, 9.17) is 38.1 Å². The van der Waals surface area contributed by atoms with Gasteiger partial charge in [0.15, 0.2) is 17.5 Å². The Kier molecular flexibility index (Phi) is 17.2. The smallest absolute Gasteiger partial charge is 0.411 e. The lowest BCUT2D eigenvalue weighted by molar-refractivity contribution is -0.241. The molecule has 10 rings (SSSR count). The number of ketones is 1. The molecule has 4 aliphatic rings. The van der Waals surface area contributed by atoms with Crippen LogP contribution in [0.5, 0.6) is 5.75 Å². The predicted octanol–water partition coefficient (Wildman–Crippen LogP) is 8.59. The van der Waals surface area contributed by atoms with Crippen LogP contribution in [0.15, 0.2) is 95.8 Å². The van der Waals surface area contributed by atoms with E-state index >= 15 is 0 Å². The van der Waals surface area contributed by atoms with Crippen LogP contribution in [-0.2, 0) is 94.0 Å². The van der Waals surface area contributed by atoms with Crippen molar-refractivity contribution < 1.29 is 70.3 Å². The third kappa shape index (κ3) is 12.1. The molecule has 1 fully saturated rings. The lowest BCUT2D eigenvalue weighted by atomic mass is 9.82. The number of carbonyl (C=O) groups excluding carboxylic acids is 6. The van der Waals surface area contributed by atoms with Crippen molar-refractivity contribution in [2.75, 3.05) is 37.2 Å². The summed E-state index contributed by atoms with van der Waals surface area (Å²) in [4.78, 5) is 101. The molecule has 4 aromatic carbocycles. The van der Waals surface area contributed by atoms with E-state index in [0.29, 0.717) is 17.8 Å². The molecule has 6 aromatic rings. The molecule has 0 radical (unpaired) electrons. The number of aryl methyl sites for hydroxylation is 2. The largest absolute Gasteiger partial charge is 0.465 e. The third-order valence-electron chi connectivity index (χ3n) is 16.7. The molecule has 446 valence electrons. The van der Waals surface area contributed by atoms with Gasteiger partial charge in [0.25, 0.3) is 5.56 Å². The maximum Gasteiger partial charge on any atom is 0.411 e. The minimum absolute atomic E-state index is 0.00209. The molecule has 5 heterocycles. The highest BCUT2D eigenvalue weighted by atomic mass is 32.2. The number of esters is 3. The molecule has 2 amide bonds. The first kappa shape index (κ1) is 59.9. The van der Waals surface area contributed by atoms with Crippen LogP contribution in [0.25, 0.3) is 33.4 Å². The second kappa shape index (κ2) is 24.4. The molecule has 1 saturated heterocycles. The van der Waals surface area contributed by atoms with Crippen molar-refractivity contribution in [1.82, 2.24) is 14.5 Å². The summed E-state index contributed by atoms with van der Waals surface area (Å²) < 4.78 is 68.7. The maximum atomic E-state index is 14.5. The number of nitrogens with zero attached hydrogens (tertiary/aromatic N) is 3. The number of ether oxygens (including phenoxy) is 7. The van der Waals surface area contributed by atoms with Crippen molar-refractivity contribution in [3.05, 3.63) is 146 Å². The van der Waals surface area contributed by atoms with Gasteiger partial charge in [-0.1, -0.05) is 93.9 Å². The van der Waals surface area contributed by atoms with Crippen LogP contribution in [0.2, 0.25) is 0 Å². The average Bonchev–Trinajstić information content (AvgIpc) is 1.76. The van der Waals surface area contributed by atoms with Gasteiger partial charge >= 0.3 is 24.0 Å². The first-order valence-corrected chi connectivity index (χ1v) is 30.5. The SMILES string of the molecule is CCc1c2c(nc3ccc(C)cc13)-c1cc3c(c(=O)n1C2)COC(=O)[C@@]3(CC)OCN(CCS(C)(=O)=O)C(=O)OCc1ccc(O[C@@H]2O[C@H](C(C)=O)[C@@H](C)[C@H](C)[C@H]2OC(C)=O)c(NC(=O)CCC(=O)OCC2c3ccccc3-c3ccccc32)c1. The highest BCUT2D eigenvalue weighted by molar-refractivity contribution is 7.90. The summed E-state index contributed by atoms with van der Waals surface area (Å²) in [6.07, 6.45) is -3.29. The molecule has 0 spiro atoms. The van der Waals surface area contributed by atoms with Crippen molar-refractivity contribution in [3.63, 3.8) is 0 Å². The number of anilines is 1. The number of benzene rings is 4. The lowest BCUT2D eigenvalue weighted by Gasteiger charge is -2.42. The van der Waals surface area contributed by atoms with Crippen LogP contribution < -0.4 is 15.6 Å². The number of hydrogen-bond donors (Lipinski definition) is 1. The fraction of sp³-hybridized carbons (Fsp3) is 0.406. The lowest BCUT2D eigenvalue weighted by Crippen LogP contribution is -2.55. The Labute approximate surface area is 492 Å². The molecule has 0 unspecified atom stereocenters. The van der Waals surface area contributed by atoms with E-state index < -0.39 is 101 Å². The minimum atomic E-state index is -3.69. The maximum absolute atomic E-state index is 14.5. The minimum Gasteiger partial charge on any atom is -0.465 e. The molecule has 0 bridgehead atoms. The number of nitrogens with one attached hydrogen (secondary N) is 1. The van der Waals surface area contributed by atoms with Gasteiger partial charge in [-0.05, 0) is 96.3 Å². The zero-order valence-corrected chi connectivity index (χ0v) is 49.5.